The molecule has 0 heterocycles. The van der Waals surface area contributed by atoms with Crippen LogP contribution in [0, 0.1) is 0 Å². The number of carboxylic acid groups (broad SMARTS) is 1. The average Bonchev–Trinajstić information content (AvgIpc) is 2.52. The fourth-order valence-electron chi connectivity index (χ4n) is 2.94. The maximum absolute atomic E-state index is 12.8. The summed E-state index contributed by atoms with van der Waals surface area (Å²) in [6.45, 7) is 5.16. The van der Waals surface area contributed by atoms with Gasteiger partial charge in [0.25, 0.3) is 10.1 Å². The number of ketones is 1. The SMILES string of the molecule is CCCCC(=O)C(CCC)([C@@](N)(C(=O)O)N(N)CCCC)S(=O)(=O)O.Cl. The molecule has 0 bridgehead atoms. The molecule has 11 heteroatoms. The van der Waals surface area contributed by atoms with Gasteiger partial charge in [0, 0.05) is 13.0 Å². The molecule has 6 N–H and O–H groups in total. The van der Waals surface area contributed by atoms with Crippen molar-refractivity contribution in [3.63, 3.8) is 0 Å². The number of hydrazine groups is 1. The van der Waals surface area contributed by atoms with Crippen molar-refractivity contribution in [3.05, 3.63) is 0 Å². The number of Topliss-reactive ketones (excluding diaryl/α,β-unsaturated/α-hetero) is 1. The first-order chi connectivity index (χ1) is 11.5. The third kappa shape index (κ3) is 5.14. The van der Waals surface area contributed by atoms with Crippen molar-refractivity contribution >= 4 is 34.3 Å². The number of aliphatic carboxylic acids is 1. The maximum atomic E-state index is 12.8. The molecule has 2 atom stereocenters. The van der Waals surface area contributed by atoms with Gasteiger partial charge in [0.1, 0.15) is 0 Å². The minimum atomic E-state index is -5.17. The monoisotopic (exact) mass is 417 g/mol. The molecular weight excluding hydrogens is 386 g/mol. The van der Waals surface area contributed by atoms with Crippen molar-refractivity contribution in [1.82, 2.24) is 5.01 Å². The number of hydrogen-bond acceptors (Lipinski definition) is 7. The second kappa shape index (κ2) is 11.2. The second-order valence-electron chi connectivity index (χ2n) is 6.20. The largest absolute Gasteiger partial charge is 0.479 e. The standard InChI is InChI=1S/C15H31N3O6S.ClH/c1-4-7-9-12(19)14(10-6-3,25(22,23)24)15(16,13(20)21)18(17)11-8-5-2;/h4-11,16-17H2,1-3H3,(H,20,21)(H,22,23,24);1H/t14?,15-;/m1./s1. The summed E-state index contributed by atoms with van der Waals surface area (Å²) < 4.78 is 31.7. The number of carbonyl (C=O) groups is 2. The average molecular weight is 418 g/mol. The van der Waals surface area contributed by atoms with Gasteiger partial charge in [-0.25, -0.2) is 9.80 Å². The zero-order chi connectivity index (χ0) is 19.9. The molecule has 0 aliphatic carbocycles. The summed E-state index contributed by atoms with van der Waals surface area (Å²) in [4.78, 5) is 24.8. The van der Waals surface area contributed by atoms with Gasteiger partial charge in [0.2, 0.25) is 5.66 Å². The summed E-state index contributed by atoms with van der Waals surface area (Å²) in [6.07, 6.45) is 1.48. The number of hydrogen-bond donors (Lipinski definition) is 4. The molecule has 0 radical (unpaired) electrons. The lowest BCUT2D eigenvalue weighted by Gasteiger charge is -2.46. The van der Waals surface area contributed by atoms with E-state index in [0.717, 1.165) is 0 Å². The Morgan fingerprint density at radius 3 is 1.92 bits per heavy atom. The van der Waals surface area contributed by atoms with Crippen LogP contribution < -0.4 is 11.6 Å². The molecule has 0 aromatic carbocycles. The molecule has 0 aliphatic heterocycles. The van der Waals surface area contributed by atoms with E-state index in [0.29, 0.717) is 30.7 Å². The van der Waals surface area contributed by atoms with Crippen molar-refractivity contribution in [1.29, 1.82) is 0 Å². The Hall–Kier alpha value is -0.780. The van der Waals surface area contributed by atoms with Crippen molar-refractivity contribution in [3.8, 4) is 0 Å². The maximum Gasteiger partial charge on any atom is 0.342 e. The molecule has 0 aromatic heterocycles. The predicted molar refractivity (Wildman–Crippen MR) is 101 cm³/mol. The van der Waals surface area contributed by atoms with Crippen LogP contribution in [0.3, 0.4) is 0 Å². The first kappa shape index (κ1) is 27.4. The van der Waals surface area contributed by atoms with Crippen LogP contribution in [0.5, 0.6) is 0 Å². The highest BCUT2D eigenvalue weighted by Crippen LogP contribution is 2.37. The highest BCUT2D eigenvalue weighted by Gasteiger charge is 2.68. The van der Waals surface area contributed by atoms with E-state index < -0.39 is 38.7 Å². The number of rotatable bonds is 13. The van der Waals surface area contributed by atoms with Gasteiger partial charge < -0.3 is 10.8 Å². The fraction of sp³-hybridized carbons (Fsp3) is 0.867. The molecule has 0 saturated heterocycles. The second-order valence-corrected chi connectivity index (χ2v) is 7.84. The molecule has 0 amide bonds. The van der Waals surface area contributed by atoms with Crippen LogP contribution in [0.4, 0.5) is 0 Å². The van der Waals surface area contributed by atoms with Crippen molar-refractivity contribution in [2.24, 2.45) is 11.6 Å². The van der Waals surface area contributed by atoms with Crippen molar-refractivity contribution in [2.75, 3.05) is 6.54 Å². The molecule has 0 rings (SSSR count). The number of carboxylic acids is 1. The van der Waals surface area contributed by atoms with Crippen LogP contribution in [0.25, 0.3) is 0 Å². The summed E-state index contributed by atoms with van der Waals surface area (Å²) in [5.74, 6) is 3.11. The first-order valence-corrected chi connectivity index (χ1v) is 9.96. The van der Waals surface area contributed by atoms with E-state index in [1.54, 1.807) is 13.8 Å². The Morgan fingerprint density at radius 2 is 1.58 bits per heavy atom. The molecule has 156 valence electrons. The van der Waals surface area contributed by atoms with Gasteiger partial charge in [-0.15, -0.1) is 12.4 Å². The molecule has 0 spiro atoms. The van der Waals surface area contributed by atoms with E-state index in [-0.39, 0.29) is 31.8 Å². The summed E-state index contributed by atoms with van der Waals surface area (Å²) in [5.41, 5.74) is 3.21. The zero-order valence-electron chi connectivity index (χ0n) is 15.6. The van der Waals surface area contributed by atoms with Gasteiger partial charge >= 0.3 is 5.97 Å². The molecule has 26 heavy (non-hydrogen) atoms. The van der Waals surface area contributed by atoms with E-state index in [9.17, 15) is 27.7 Å². The van der Waals surface area contributed by atoms with Crippen LogP contribution in [-0.4, -0.2) is 51.8 Å². The first-order valence-electron chi connectivity index (χ1n) is 8.52. The van der Waals surface area contributed by atoms with Gasteiger partial charge in [0.15, 0.2) is 10.5 Å². The Bertz CT molecular complexity index is 574. The minimum Gasteiger partial charge on any atom is -0.479 e. The minimum absolute atomic E-state index is 0. The van der Waals surface area contributed by atoms with Crippen molar-refractivity contribution in [2.45, 2.75) is 76.1 Å². The van der Waals surface area contributed by atoms with Gasteiger partial charge in [-0.1, -0.05) is 40.0 Å². The van der Waals surface area contributed by atoms with E-state index in [1.165, 1.54) is 0 Å². The lowest BCUT2D eigenvalue weighted by Crippen LogP contribution is -2.80. The molecule has 9 nitrogen and oxygen atoms in total. The Labute approximate surface area is 161 Å². The summed E-state index contributed by atoms with van der Waals surface area (Å²) in [6, 6.07) is 0. The quantitative estimate of drug-likeness (QED) is 0.149. The number of nitrogens with zero attached hydrogens (tertiary/aromatic N) is 1. The number of carbonyl (C=O) groups excluding carboxylic acids is 1. The number of unbranched alkanes of at least 4 members (excludes halogenated alkanes) is 2. The molecule has 1 unspecified atom stereocenters. The Morgan fingerprint density at radius 1 is 1.08 bits per heavy atom. The molecule has 0 aromatic rings. The highest BCUT2D eigenvalue weighted by molar-refractivity contribution is 7.88. The van der Waals surface area contributed by atoms with E-state index >= 15 is 0 Å². The summed E-state index contributed by atoms with van der Waals surface area (Å²) >= 11 is 0. The van der Waals surface area contributed by atoms with E-state index in [2.05, 4.69) is 0 Å². The number of nitrogens with two attached hydrogens (primary N) is 2. The lowest BCUT2D eigenvalue weighted by molar-refractivity contribution is -0.158. The van der Waals surface area contributed by atoms with Crippen LogP contribution in [0.2, 0.25) is 0 Å². The van der Waals surface area contributed by atoms with Gasteiger partial charge in [-0.3, -0.25) is 15.2 Å². The van der Waals surface area contributed by atoms with Crippen LogP contribution >= 0.6 is 12.4 Å². The Kier molecular flexibility index (Phi) is 11.8. The van der Waals surface area contributed by atoms with Gasteiger partial charge in [-0.2, -0.15) is 8.42 Å². The highest BCUT2D eigenvalue weighted by atomic mass is 35.5. The van der Waals surface area contributed by atoms with Crippen LogP contribution in [0.15, 0.2) is 0 Å². The molecule has 0 saturated carbocycles. The predicted octanol–water partition coefficient (Wildman–Crippen LogP) is 1.31. The molecule has 0 fully saturated rings. The topological polar surface area (TPSA) is 164 Å². The lowest BCUT2D eigenvalue weighted by atomic mass is 9.81. The van der Waals surface area contributed by atoms with Crippen molar-refractivity contribution < 1.29 is 27.7 Å². The summed E-state index contributed by atoms with van der Waals surface area (Å²) in [7, 11) is -5.17. The van der Waals surface area contributed by atoms with E-state index in [4.69, 9.17) is 11.6 Å². The van der Waals surface area contributed by atoms with E-state index in [1.807, 2.05) is 6.92 Å². The third-order valence-corrected chi connectivity index (χ3v) is 6.02. The third-order valence-electron chi connectivity index (χ3n) is 4.40. The normalized spacial score (nSPS) is 16.4. The molecule has 0 aliphatic rings. The van der Waals surface area contributed by atoms with Gasteiger partial charge in [-0.05, 0) is 19.3 Å². The Balaban J connectivity index is 0. The number of halogens is 1. The van der Waals surface area contributed by atoms with Crippen LogP contribution in [0.1, 0.15) is 65.7 Å². The van der Waals surface area contributed by atoms with Gasteiger partial charge in [0.05, 0.1) is 0 Å². The smallest absolute Gasteiger partial charge is 0.342 e. The fourth-order valence-corrected chi connectivity index (χ4v) is 4.39. The van der Waals surface area contributed by atoms with Crippen LogP contribution in [-0.2, 0) is 19.7 Å². The summed E-state index contributed by atoms with van der Waals surface area (Å²) in [5, 5.41) is 10.4. The zero-order valence-corrected chi connectivity index (χ0v) is 17.2. The molecular formula is C15H32ClN3O6S.